The number of halogens is 1. The third-order valence-electron chi connectivity index (χ3n) is 3.91. The highest BCUT2D eigenvalue weighted by Gasteiger charge is 2.16. The Morgan fingerprint density at radius 2 is 1.72 bits per heavy atom. The maximum atomic E-state index is 11.9. The number of esters is 1. The highest BCUT2D eigenvalue weighted by atomic mass is 79.9. The molecular formula is C20H15BrN2O6. The molecule has 3 rings (SSSR count). The number of hydrogen-bond acceptors (Lipinski definition) is 6. The van der Waals surface area contributed by atoms with E-state index in [1.807, 2.05) is 30.3 Å². The molecular weight excluding hydrogens is 444 g/mol. The second-order valence-corrected chi connectivity index (χ2v) is 6.66. The van der Waals surface area contributed by atoms with Gasteiger partial charge in [-0.3, -0.25) is 14.9 Å². The summed E-state index contributed by atoms with van der Waals surface area (Å²) in [5.74, 6) is -0.979. The minimum atomic E-state index is -0.747. The van der Waals surface area contributed by atoms with E-state index in [1.165, 1.54) is 18.2 Å². The number of anilines is 1. The Morgan fingerprint density at radius 1 is 1.00 bits per heavy atom. The van der Waals surface area contributed by atoms with E-state index in [0.29, 0.717) is 10.2 Å². The second kappa shape index (κ2) is 9.16. The largest absolute Gasteiger partial charge is 0.481 e. The first-order valence-electron chi connectivity index (χ1n) is 8.44. The zero-order chi connectivity index (χ0) is 20.8. The fraction of sp³-hybridized carbons (Fsp3) is 0.100. The van der Waals surface area contributed by atoms with Crippen LogP contribution in [0.2, 0.25) is 0 Å². The summed E-state index contributed by atoms with van der Waals surface area (Å²) in [6, 6.07) is 16.9. The normalized spacial score (nSPS) is 10.4. The molecule has 0 fully saturated rings. The van der Waals surface area contributed by atoms with Gasteiger partial charge in [0, 0.05) is 6.07 Å². The summed E-state index contributed by atoms with van der Waals surface area (Å²) < 4.78 is 11.0. The van der Waals surface area contributed by atoms with Crippen LogP contribution in [0.15, 0.2) is 65.1 Å². The van der Waals surface area contributed by atoms with E-state index >= 15 is 0 Å². The average molecular weight is 459 g/mol. The van der Waals surface area contributed by atoms with Gasteiger partial charge in [0.05, 0.1) is 9.40 Å². The van der Waals surface area contributed by atoms with Crippen molar-refractivity contribution in [3.8, 4) is 5.75 Å². The number of benzene rings is 3. The number of carbonyl (C=O) groups excluding carboxylic acids is 2. The molecule has 0 unspecified atom stereocenters. The van der Waals surface area contributed by atoms with Crippen molar-refractivity contribution in [3.05, 3.63) is 75.3 Å². The number of nitro benzene ring substituents is 1. The number of amides is 1. The van der Waals surface area contributed by atoms with Crippen molar-refractivity contribution in [1.82, 2.24) is 0 Å². The highest BCUT2D eigenvalue weighted by Crippen LogP contribution is 2.33. The number of para-hydroxylation sites is 2. The Bertz CT molecular complexity index is 1090. The van der Waals surface area contributed by atoms with Gasteiger partial charge in [-0.15, -0.1) is 0 Å². The molecule has 8 nitrogen and oxygen atoms in total. The number of hydrogen-bond donors (Lipinski definition) is 1. The summed E-state index contributed by atoms with van der Waals surface area (Å²) in [5, 5.41) is 15.2. The molecule has 0 saturated heterocycles. The number of nitrogens with zero attached hydrogens (tertiary/aromatic N) is 1. The Balaban J connectivity index is 1.52. The van der Waals surface area contributed by atoms with Gasteiger partial charge in [0.1, 0.15) is 11.4 Å². The van der Waals surface area contributed by atoms with Gasteiger partial charge in [0.15, 0.2) is 13.2 Å². The molecule has 148 valence electrons. The van der Waals surface area contributed by atoms with Crippen LogP contribution in [0.4, 0.5) is 11.4 Å². The summed E-state index contributed by atoms with van der Waals surface area (Å²) in [6.07, 6.45) is 0. The van der Waals surface area contributed by atoms with E-state index in [4.69, 9.17) is 9.47 Å². The van der Waals surface area contributed by atoms with Gasteiger partial charge in [-0.25, -0.2) is 4.79 Å². The lowest BCUT2D eigenvalue weighted by atomic mass is 10.1. The molecule has 0 atom stereocenters. The molecule has 0 aliphatic carbocycles. The highest BCUT2D eigenvalue weighted by molar-refractivity contribution is 9.10. The van der Waals surface area contributed by atoms with E-state index in [-0.39, 0.29) is 11.4 Å². The molecule has 0 aromatic heterocycles. The zero-order valence-corrected chi connectivity index (χ0v) is 16.5. The number of ether oxygens (including phenoxy) is 2. The standard InChI is InChI=1S/C20H15BrN2O6/c21-20-14-6-2-1-5-13(14)9-10-17(20)28-12-19(25)29-11-18(24)22-15-7-3-4-8-16(15)23(26)27/h1-10H,11-12H2,(H,22,24). The summed E-state index contributed by atoms with van der Waals surface area (Å²) in [6.45, 7) is -0.983. The fourth-order valence-electron chi connectivity index (χ4n) is 2.57. The molecule has 0 spiro atoms. The molecule has 0 saturated carbocycles. The van der Waals surface area contributed by atoms with Gasteiger partial charge in [-0.1, -0.05) is 42.5 Å². The summed E-state index contributed by atoms with van der Waals surface area (Å²) in [5.41, 5.74) is -0.230. The smallest absolute Gasteiger partial charge is 0.344 e. The minimum Gasteiger partial charge on any atom is -0.481 e. The molecule has 9 heteroatoms. The number of nitro groups is 1. The predicted molar refractivity (Wildman–Crippen MR) is 110 cm³/mol. The van der Waals surface area contributed by atoms with Crippen LogP contribution < -0.4 is 10.1 Å². The van der Waals surface area contributed by atoms with Gasteiger partial charge in [0.2, 0.25) is 0 Å². The SMILES string of the molecule is O=C(COC(=O)COc1ccc2ccccc2c1Br)Nc1ccccc1[N+](=O)[O-]. The average Bonchev–Trinajstić information content (AvgIpc) is 2.72. The van der Waals surface area contributed by atoms with E-state index in [0.717, 1.165) is 10.8 Å². The second-order valence-electron chi connectivity index (χ2n) is 5.87. The molecule has 3 aromatic carbocycles. The van der Waals surface area contributed by atoms with Crippen molar-refractivity contribution >= 4 is 50.0 Å². The van der Waals surface area contributed by atoms with Crippen molar-refractivity contribution in [3.63, 3.8) is 0 Å². The molecule has 0 radical (unpaired) electrons. The van der Waals surface area contributed by atoms with E-state index < -0.39 is 30.0 Å². The van der Waals surface area contributed by atoms with Crippen LogP contribution in [0, 0.1) is 10.1 Å². The van der Waals surface area contributed by atoms with E-state index in [1.54, 1.807) is 12.1 Å². The van der Waals surface area contributed by atoms with Gasteiger partial charge >= 0.3 is 5.97 Å². The molecule has 0 heterocycles. The topological polar surface area (TPSA) is 108 Å². The first-order chi connectivity index (χ1) is 14.0. The molecule has 0 aliphatic rings. The summed E-state index contributed by atoms with van der Waals surface area (Å²) >= 11 is 3.45. The number of carbonyl (C=O) groups is 2. The molecule has 1 N–H and O–H groups in total. The maximum absolute atomic E-state index is 11.9. The van der Waals surface area contributed by atoms with Crippen molar-refractivity contribution in [2.45, 2.75) is 0 Å². The Hall–Kier alpha value is -3.46. The van der Waals surface area contributed by atoms with Gasteiger partial charge < -0.3 is 14.8 Å². The summed E-state index contributed by atoms with van der Waals surface area (Å²) in [7, 11) is 0. The minimum absolute atomic E-state index is 0.0230. The molecule has 1 amide bonds. The van der Waals surface area contributed by atoms with Crippen LogP contribution in [0.5, 0.6) is 5.75 Å². The van der Waals surface area contributed by atoms with Crippen molar-refractivity contribution in [2.24, 2.45) is 0 Å². The van der Waals surface area contributed by atoms with Crippen LogP contribution in [0.1, 0.15) is 0 Å². The lowest BCUT2D eigenvalue weighted by molar-refractivity contribution is -0.383. The van der Waals surface area contributed by atoms with Gasteiger partial charge in [-0.05, 0) is 38.8 Å². The molecule has 3 aromatic rings. The van der Waals surface area contributed by atoms with E-state index in [2.05, 4.69) is 21.2 Å². The Kier molecular flexibility index (Phi) is 6.40. The fourth-order valence-corrected chi connectivity index (χ4v) is 3.18. The van der Waals surface area contributed by atoms with Gasteiger partial charge in [-0.2, -0.15) is 0 Å². The quantitative estimate of drug-likeness (QED) is 0.324. The van der Waals surface area contributed by atoms with Crippen molar-refractivity contribution < 1.29 is 24.0 Å². The molecule has 0 bridgehead atoms. The van der Waals surface area contributed by atoms with Crippen LogP contribution in [-0.4, -0.2) is 30.0 Å². The van der Waals surface area contributed by atoms with Gasteiger partial charge in [0.25, 0.3) is 11.6 Å². The molecule has 29 heavy (non-hydrogen) atoms. The lowest BCUT2D eigenvalue weighted by Crippen LogP contribution is -2.24. The first kappa shape index (κ1) is 20.3. The monoisotopic (exact) mass is 458 g/mol. The third-order valence-corrected chi connectivity index (χ3v) is 4.73. The third kappa shape index (κ3) is 5.08. The first-order valence-corrected chi connectivity index (χ1v) is 9.24. The van der Waals surface area contributed by atoms with Crippen LogP contribution in [-0.2, 0) is 14.3 Å². The Labute approximate surface area is 173 Å². The predicted octanol–water partition coefficient (Wildman–Crippen LogP) is 4.07. The van der Waals surface area contributed by atoms with E-state index in [9.17, 15) is 19.7 Å². The summed E-state index contributed by atoms with van der Waals surface area (Å²) in [4.78, 5) is 34.1. The van der Waals surface area contributed by atoms with Crippen LogP contribution in [0.3, 0.4) is 0 Å². The molecule has 0 aliphatic heterocycles. The number of nitrogens with one attached hydrogen (secondary N) is 1. The van der Waals surface area contributed by atoms with Crippen molar-refractivity contribution in [1.29, 1.82) is 0 Å². The zero-order valence-electron chi connectivity index (χ0n) is 15.0. The number of rotatable bonds is 7. The maximum Gasteiger partial charge on any atom is 0.344 e. The number of fused-ring (bicyclic) bond motifs is 1. The van der Waals surface area contributed by atoms with Crippen molar-refractivity contribution in [2.75, 3.05) is 18.5 Å². The lowest BCUT2D eigenvalue weighted by Gasteiger charge is -2.10. The van der Waals surface area contributed by atoms with Crippen LogP contribution >= 0.6 is 15.9 Å². The Morgan fingerprint density at radius 3 is 2.52 bits per heavy atom. The van der Waals surface area contributed by atoms with Crippen LogP contribution in [0.25, 0.3) is 10.8 Å².